The smallest absolute Gasteiger partial charge is 0.0717 e. The second kappa shape index (κ2) is 14.7. The van der Waals surface area contributed by atoms with Gasteiger partial charge in [0.1, 0.15) is 0 Å². The van der Waals surface area contributed by atoms with Crippen molar-refractivity contribution in [1.82, 2.24) is 29.9 Å². The fourth-order valence-electron chi connectivity index (χ4n) is 6.60. The summed E-state index contributed by atoms with van der Waals surface area (Å²) in [5, 5.41) is 0. The first-order valence-corrected chi connectivity index (χ1v) is 17.7. The molecule has 0 aliphatic carbocycles. The zero-order valence-electron chi connectivity index (χ0n) is 29.2. The lowest BCUT2D eigenvalue weighted by Crippen LogP contribution is -1.89. The van der Waals surface area contributed by atoms with E-state index in [0.717, 1.165) is 78.4 Å². The third kappa shape index (κ3) is 6.79. The second-order valence-corrected chi connectivity index (χ2v) is 12.9. The maximum atomic E-state index is 4.76. The van der Waals surface area contributed by atoms with Crippen LogP contribution in [0.5, 0.6) is 0 Å². The Balaban J connectivity index is 0.888. The molecule has 0 aliphatic rings. The number of aromatic nitrogens is 6. The summed E-state index contributed by atoms with van der Waals surface area (Å²) in [4.78, 5) is 27.2. The number of hydrogen-bond donors (Lipinski definition) is 0. The molecule has 54 heavy (non-hydrogen) atoms. The minimum atomic E-state index is 0.884. The fourth-order valence-corrected chi connectivity index (χ4v) is 6.60. The van der Waals surface area contributed by atoms with Crippen molar-refractivity contribution >= 4 is 0 Å². The highest BCUT2D eigenvalue weighted by molar-refractivity contribution is 5.85. The first-order valence-electron chi connectivity index (χ1n) is 17.7. The lowest BCUT2D eigenvalue weighted by molar-refractivity contribution is 1.26. The molecule has 0 bridgehead atoms. The first-order chi connectivity index (χ1) is 26.7. The highest BCUT2D eigenvalue weighted by atomic mass is 14.7. The van der Waals surface area contributed by atoms with Crippen LogP contribution in [0.25, 0.3) is 89.5 Å². The Hall–Kier alpha value is -7.44. The average Bonchev–Trinajstić information content (AvgIpc) is 3.27. The van der Waals surface area contributed by atoms with Gasteiger partial charge in [-0.25, -0.2) is 0 Å². The SMILES string of the molecule is c1cncc(-c2ccc(-c3ccc(-c4ccc(-c5ccccc5-c5ccc(-c6ccc(-c7ccc(-c8cccnc8)nc7)nc6)cc5)cc4)cn3)cn2)c1. The number of benzene rings is 3. The largest absolute Gasteiger partial charge is 0.264 e. The van der Waals surface area contributed by atoms with Gasteiger partial charge in [-0.2, -0.15) is 0 Å². The monoisotopic (exact) mass is 692 g/mol. The predicted molar refractivity (Wildman–Crippen MR) is 217 cm³/mol. The summed E-state index contributed by atoms with van der Waals surface area (Å²) < 4.78 is 0. The summed E-state index contributed by atoms with van der Waals surface area (Å²) in [5.74, 6) is 0. The van der Waals surface area contributed by atoms with Gasteiger partial charge in [0.25, 0.3) is 0 Å². The molecule has 0 atom stereocenters. The van der Waals surface area contributed by atoms with E-state index in [1.54, 1.807) is 12.4 Å². The van der Waals surface area contributed by atoms with E-state index >= 15 is 0 Å². The summed E-state index contributed by atoms with van der Waals surface area (Å²) in [6, 6.07) is 50.3. The van der Waals surface area contributed by atoms with Crippen molar-refractivity contribution in [2.45, 2.75) is 0 Å². The molecule has 0 amide bonds. The van der Waals surface area contributed by atoms with Gasteiger partial charge >= 0.3 is 0 Å². The molecule has 0 spiro atoms. The molecule has 6 nitrogen and oxygen atoms in total. The standard InChI is InChI=1S/C48H32N6/c1-2-8-44(36-15-11-34(12-16-36)38-18-22-48(52-30-38)42-20-24-46(54-32-42)40-6-4-26-50-28-40)43(7-1)35-13-9-33(10-14-35)37-17-21-47(51-29-37)41-19-23-45(53-31-41)39-5-3-25-49-27-39/h1-32H. The molecule has 0 N–H and O–H groups in total. The molecule has 6 heterocycles. The number of nitrogens with zero attached hydrogens (tertiary/aromatic N) is 6. The molecule has 0 aliphatic heterocycles. The van der Waals surface area contributed by atoms with E-state index in [1.807, 2.05) is 85.7 Å². The molecule has 0 radical (unpaired) electrons. The molecular weight excluding hydrogens is 661 g/mol. The van der Waals surface area contributed by atoms with Crippen LogP contribution in [-0.2, 0) is 0 Å². The third-order valence-electron chi connectivity index (χ3n) is 9.55. The summed E-state index contributed by atoms with van der Waals surface area (Å²) in [6.45, 7) is 0. The molecule has 3 aromatic carbocycles. The van der Waals surface area contributed by atoms with Crippen LogP contribution in [-0.4, -0.2) is 29.9 Å². The molecule has 0 saturated heterocycles. The maximum absolute atomic E-state index is 4.76. The molecule has 9 rings (SSSR count). The Morgan fingerprint density at radius 3 is 0.852 bits per heavy atom. The van der Waals surface area contributed by atoms with Crippen LogP contribution in [0, 0.1) is 0 Å². The van der Waals surface area contributed by atoms with Gasteiger partial charge in [-0.15, -0.1) is 0 Å². The van der Waals surface area contributed by atoms with Crippen LogP contribution >= 0.6 is 0 Å². The Kier molecular flexibility index (Phi) is 8.81. The summed E-state index contributed by atoms with van der Waals surface area (Å²) in [6.07, 6.45) is 14.7. The molecule has 6 heteroatoms. The van der Waals surface area contributed by atoms with Crippen molar-refractivity contribution < 1.29 is 0 Å². The van der Waals surface area contributed by atoms with Crippen LogP contribution in [0.2, 0.25) is 0 Å². The first kappa shape index (κ1) is 32.5. The molecular formula is C48H32N6. The van der Waals surface area contributed by atoms with Gasteiger partial charge in [-0.05, 0) is 94.0 Å². The molecule has 0 unspecified atom stereocenters. The fraction of sp³-hybridized carbons (Fsp3) is 0. The lowest BCUT2D eigenvalue weighted by Gasteiger charge is -2.12. The zero-order chi connectivity index (χ0) is 36.1. The summed E-state index contributed by atoms with van der Waals surface area (Å²) in [7, 11) is 0. The van der Waals surface area contributed by atoms with Gasteiger partial charge in [0.15, 0.2) is 0 Å². The van der Waals surface area contributed by atoms with Crippen LogP contribution in [0.1, 0.15) is 0 Å². The second-order valence-electron chi connectivity index (χ2n) is 12.9. The van der Waals surface area contributed by atoms with E-state index in [2.05, 4.69) is 117 Å². The van der Waals surface area contributed by atoms with Crippen LogP contribution < -0.4 is 0 Å². The van der Waals surface area contributed by atoms with E-state index in [-0.39, 0.29) is 0 Å². The van der Waals surface area contributed by atoms with E-state index in [9.17, 15) is 0 Å². The molecule has 254 valence electrons. The van der Waals surface area contributed by atoms with E-state index < -0.39 is 0 Å². The zero-order valence-corrected chi connectivity index (χ0v) is 29.2. The lowest BCUT2D eigenvalue weighted by atomic mass is 9.92. The van der Waals surface area contributed by atoms with Crippen molar-refractivity contribution in [2.75, 3.05) is 0 Å². The van der Waals surface area contributed by atoms with Gasteiger partial charge < -0.3 is 0 Å². The van der Waals surface area contributed by atoms with E-state index in [1.165, 1.54) is 11.1 Å². The maximum Gasteiger partial charge on any atom is 0.0717 e. The van der Waals surface area contributed by atoms with E-state index in [4.69, 9.17) is 9.97 Å². The van der Waals surface area contributed by atoms with Gasteiger partial charge in [0.2, 0.25) is 0 Å². The van der Waals surface area contributed by atoms with Crippen molar-refractivity contribution in [3.63, 3.8) is 0 Å². The van der Waals surface area contributed by atoms with Crippen molar-refractivity contribution in [1.29, 1.82) is 0 Å². The van der Waals surface area contributed by atoms with Crippen LogP contribution in [0.4, 0.5) is 0 Å². The third-order valence-corrected chi connectivity index (χ3v) is 9.55. The van der Waals surface area contributed by atoms with Crippen LogP contribution in [0.15, 0.2) is 195 Å². The summed E-state index contributed by atoms with van der Waals surface area (Å²) >= 11 is 0. The minimum absolute atomic E-state index is 0.884. The van der Waals surface area contributed by atoms with Gasteiger partial charge in [0, 0.05) is 83.0 Å². The van der Waals surface area contributed by atoms with Crippen LogP contribution in [0.3, 0.4) is 0 Å². The Morgan fingerprint density at radius 2 is 0.537 bits per heavy atom. The topological polar surface area (TPSA) is 77.3 Å². The number of rotatable bonds is 8. The highest BCUT2D eigenvalue weighted by Gasteiger charge is 2.10. The van der Waals surface area contributed by atoms with Gasteiger partial charge in [-0.1, -0.05) is 84.9 Å². The van der Waals surface area contributed by atoms with Gasteiger partial charge in [0.05, 0.1) is 22.8 Å². The van der Waals surface area contributed by atoms with Gasteiger partial charge in [-0.3, -0.25) is 29.9 Å². The summed E-state index contributed by atoms with van der Waals surface area (Å²) in [5.41, 5.74) is 16.5. The predicted octanol–water partition coefficient (Wildman–Crippen LogP) is 11.4. The number of hydrogen-bond acceptors (Lipinski definition) is 6. The number of pyridine rings is 6. The normalized spacial score (nSPS) is 11.0. The van der Waals surface area contributed by atoms with Crippen molar-refractivity contribution in [3.8, 4) is 89.5 Å². The van der Waals surface area contributed by atoms with Crippen molar-refractivity contribution in [3.05, 3.63) is 195 Å². The Bertz CT molecular complexity index is 2440. The molecule has 0 fully saturated rings. The Labute approximate surface area is 313 Å². The Morgan fingerprint density at radius 1 is 0.222 bits per heavy atom. The highest BCUT2D eigenvalue weighted by Crippen LogP contribution is 2.35. The molecule has 9 aromatic rings. The molecule has 6 aromatic heterocycles. The molecule has 0 saturated carbocycles. The van der Waals surface area contributed by atoms with Crippen molar-refractivity contribution in [2.24, 2.45) is 0 Å². The average molecular weight is 693 g/mol. The minimum Gasteiger partial charge on any atom is -0.264 e. The van der Waals surface area contributed by atoms with E-state index in [0.29, 0.717) is 0 Å². The quantitative estimate of drug-likeness (QED) is 0.158.